The zero-order valence-electron chi connectivity index (χ0n) is 5.57. The topological polar surface area (TPSA) is 66.5 Å². The van der Waals surface area contributed by atoms with Gasteiger partial charge < -0.3 is 15.9 Å². The van der Waals surface area contributed by atoms with Crippen molar-refractivity contribution >= 4 is 0 Å². The van der Waals surface area contributed by atoms with E-state index in [1.165, 1.54) is 0 Å². The number of rotatable bonds is 1. The summed E-state index contributed by atoms with van der Waals surface area (Å²) in [5.74, 6) is -0.468. The van der Waals surface area contributed by atoms with E-state index in [-0.39, 0.29) is 6.61 Å². The third-order valence-electron chi connectivity index (χ3n) is 2.02. The Labute approximate surface area is 58.7 Å². The summed E-state index contributed by atoms with van der Waals surface area (Å²) >= 11 is 0. The molecular formula is C6H12FNO2. The molecule has 0 aliphatic heterocycles. The SMILES string of the molecule is N[C@H]1C[C@@H](CO)[C@H](F)[C@@H]1O. The van der Waals surface area contributed by atoms with Gasteiger partial charge in [0.1, 0.15) is 12.3 Å². The van der Waals surface area contributed by atoms with Crippen molar-refractivity contribution in [1.29, 1.82) is 0 Å². The lowest BCUT2D eigenvalue weighted by molar-refractivity contribution is 0.0611. The van der Waals surface area contributed by atoms with Gasteiger partial charge in [-0.1, -0.05) is 0 Å². The van der Waals surface area contributed by atoms with Crippen LogP contribution in [-0.4, -0.2) is 35.1 Å². The molecule has 0 aromatic carbocycles. The molecule has 0 radical (unpaired) electrons. The standard InChI is InChI=1S/C6H12FNO2/c7-5-3(2-9)1-4(8)6(5)10/h3-6,9-10H,1-2,8H2/t3-,4-,5-,6+/m0/s1. The van der Waals surface area contributed by atoms with Gasteiger partial charge in [-0.25, -0.2) is 4.39 Å². The summed E-state index contributed by atoms with van der Waals surface area (Å²) < 4.78 is 12.7. The van der Waals surface area contributed by atoms with Crippen LogP contribution in [0.25, 0.3) is 0 Å². The van der Waals surface area contributed by atoms with Gasteiger partial charge in [-0.15, -0.1) is 0 Å². The first-order chi connectivity index (χ1) is 4.66. The zero-order chi connectivity index (χ0) is 7.72. The second-order valence-electron chi connectivity index (χ2n) is 2.78. The largest absolute Gasteiger partial charge is 0.396 e. The highest BCUT2D eigenvalue weighted by Crippen LogP contribution is 2.27. The molecule has 0 unspecified atom stereocenters. The van der Waals surface area contributed by atoms with Crippen molar-refractivity contribution in [2.45, 2.75) is 24.7 Å². The molecule has 4 heteroatoms. The molecule has 1 fully saturated rings. The summed E-state index contributed by atoms with van der Waals surface area (Å²) in [6.45, 7) is -0.230. The number of hydrogen-bond acceptors (Lipinski definition) is 3. The Morgan fingerprint density at radius 1 is 1.60 bits per heavy atom. The Hall–Kier alpha value is -0.190. The van der Waals surface area contributed by atoms with E-state index in [1.54, 1.807) is 0 Å². The molecule has 1 rings (SSSR count). The highest BCUT2D eigenvalue weighted by atomic mass is 19.1. The van der Waals surface area contributed by atoms with Crippen LogP contribution < -0.4 is 5.73 Å². The summed E-state index contributed by atoms with van der Waals surface area (Å²) in [4.78, 5) is 0. The lowest BCUT2D eigenvalue weighted by atomic mass is 10.1. The van der Waals surface area contributed by atoms with Crippen LogP contribution in [0.3, 0.4) is 0 Å². The van der Waals surface area contributed by atoms with Crippen molar-refractivity contribution in [3.8, 4) is 0 Å². The van der Waals surface area contributed by atoms with Gasteiger partial charge in [0.05, 0.1) is 0 Å². The number of alkyl halides is 1. The molecule has 0 bridgehead atoms. The minimum atomic E-state index is -1.35. The summed E-state index contributed by atoms with van der Waals surface area (Å²) in [5, 5.41) is 17.5. The summed E-state index contributed by atoms with van der Waals surface area (Å²) in [6, 6.07) is -0.507. The van der Waals surface area contributed by atoms with Crippen LogP contribution >= 0.6 is 0 Å². The fraction of sp³-hybridized carbons (Fsp3) is 1.00. The fourth-order valence-electron chi connectivity index (χ4n) is 1.31. The Morgan fingerprint density at radius 3 is 2.40 bits per heavy atom. The number of aliphatic hydroxyl groups excluding tert-OH is 2. The van der Waals surface area contributed by atoms with E-state index in [9.17, 15) is 4.39 Å². The van der Waals surface area contributed by atoms with E-state index >= 15 is 0 Å². The summed E-state index contributed by atoms with van der Waals surface area (Å²) in [7, 11) is 0. The van der Waals surface area contributed by atoms with Gasteiger partial charge in [-0.05, 0) is 6.42 Å². The molecular weight excluding hydrogens is 137 g/mol. The van der Waals surface area contributed by atoms with Gasteiger partial charge in [-0.2, -0.15) is 0 Å². The molecule has 3 nitrogen and oxygen atoms in total. The van der Waals surface area contributed by atoms with E-state index in [0.29, 0.717) is 6.42 Å². The van der Waals surface area contributed by atoms with Crippen LogP contribution in [-0.2, 0) is 0 Å². The van der Waals surface area contributed by atoms with Gasteiger partial charge in [0, 0.05) is 18.6 Å². The van der Waals surface area contributed by atoms with Crippen molar-refractivity contribution < 1.29 is 14.6 Å². The monoisotopic (exact) mass is 149 g/mol. The molecule has 0 amide bonds. The van der Waals surface area contributed by atoms with Crippen molar-refractivity contribution in [1.82, 2.24) is 0 Å². The first-order valence-electron chi connectivity index (χ1n) is 3.35. The number of nitrogens with two attached hydrogens (primary N) is 1. The minimum Gasteiger partial charge on any atom is -0.396 e. The predicted molar refractivity (Wildman–Crippen MR) is 34.1 cm³/mol. The molecule has 0 spiro atoms. The summed E-state index contributed by atoms with van der Waals surface area (Å²) in [5.41, 5.74) is 5.33. The molecule has 0 aromatic rings. The van der Waals surface area contributed by atoms with E-state index in [0.717, 1.165) is 0 Å². The van der Waals surface area contributed by atoms with Crippen LogP contribution in [0.2, 0.25) is 0 Å². The fourth-order valence-corrected chi connectivity index (χ4v) is 1.31. The van der Waals surface area contributed by atoms with Crippen LogP contribution in [0.1, 0.15) is 6.42 Å². The number of aliphatic hydroxyl groups is 2. The normalized spacial score (nSPS) is 48.0. The van der Waals surface area contributed by atoms with Crippen molar-refractivity contribution in [2.75, 3.05) is 6.61 Å². The third-order valence-corrected chi connectivity index (χ3v) is 2.02. The van der Waals surface area contributed by atoms with E-state index in [4.69, 9.17) is 15.9 Å². The third kappa shape index (κ3) is 1.14. The lowest BCUT2D eigenvalue weighted by Gasteiger charge is -2.10. The van der Waals surface area contributed by atoms with Crippen LogP contribution in [0.4, 0.5) is 4.39 Å². The number of halogens is 1. The molecule has 0 heterocycles. The van der Waals surface area contributed by atoms with Gasteiger partial charge >= 0.3 is 0 Å². The van der Waals surface area contributed by atoms with Crippen LogP contribution in [0.15, 0.2) is 0 Å². The molecule has 10 heavy (non-hydrogen) atoms. The average Bonchev–Trinajstić information content (AvgIpc) is 2.17. The maximum absolute atomic E-state index is 12.7. The highest BCUT2D eigenvalue weighted by Gasteiger charge is 2.40. The molecule has 0 saturated heterocycles. The highest BCUT2D eigenvalue weighted by molar-refractivity contribution is 4.93. The number of hydrogen-bond donors (Lipinski definition) is 3. The first kappa shape index (κ1) is 7.91. The molecule has 1 aliphatic rings. The predicted octanol–water partition coefficient (Wildman–Crippen LogP) is -0.975. The lowest BCUT2D eigenvalue weighted by Crippen LogP contribution is -2.33. The van der Waals surface area contributed by atoms with Gasteiger partial charge in [0.2, 0.25) is 0 Å². The molecule has 0 aromatic heterocycles. The zero-order valence-corrected chi connectivity index (χ0v) is 5.57. The molecule has 4 atom stereocenters. The quantitative estimate of drug-likeness (QED) is 0.449. The Kier molecular flexibility index (Phi) is 2.23. The summed E-state index contributed by atoms with van der Waals surface area (Å²) in [6.07, 6.45) is -2.06. The van der Waals surface area contributed by atoms with Gasteiger partial charge in [-0.3, -0.25) is 0 Å². The second-order valence-corrected chi connectivity index (χ2v) is 2.78. The van der Waals surface area contributed by atoms with Gasteiger partial charge in [0.25, 0.3) is 0 Å². The van der Waals surface area contributed by atoms with E-state index in [1.807, 2.05) is 0 Å². The maximum Gasteiger partial charge on any atom is 0.132 e. The van der Waals surface area contributed by atoms with E-state index in [2.05, 4.69) is 0 Å². The Morgan fingerprint density at radius 2 is 2.20 bits per heavy atom. The average molecular weight is 149 g/mol. The Balaban J connectivity index is 2.53. The Bertz CT molecular complexity index is 122. The smallest absolute Gasteiger partial charge is 0.132 e. The second kappa shape index (κ2) is 2.82. The first-order valence-corrected chi connectivity index (χ1v) is 3.35. The molecule has 1 saturated carbocycles. The maximum atomic E-state index is 12.7. The van der Waals surface area contributed by atoms with E-state index < -0.39 is 24.2 Å². The van der Waals surface area contributed by atoms with Crippen molar-refractivity contribution in [2.24, 2.45) is 11.7 Å². The molecule has 60 valence electrons. The minimum absolute atomic E-state index is 0.230. The molecule has 1 aliphatic carbocycles. The van der Waals surface area contributed by atoms with Gasteiger partial charge in [0.15, 0.2) is 0 Å². The van der Waals surface area contributed by atoms with Crippen LogP contribution in [0, 0.1) is 5.92 Å². The van der Waals surface area contributed by atoms with Crippen molar-refractivity contribution in [3.05, 3.63) is 0 Å². The molecule has 4 N–H and O–H groups in total. The van der Waals surface area contributed by atoms with Crippen LogP contribution in [0.5, 0.6) is 0 Å². The van der Waals surface area contributed by atoms with Crippen molar-refractivity contribution in [3.63, 3.8) is 0 Å².